The van der Waals surface area contributed by atoms with E-state index in [1.54, 1.807) is 5.51 Å². The smallest absolute Gasteiger partial charge is 0.264 e. The third kappa shape index (κ3) is 3.93. The van der Waals surface area contributed by atoms with Gasteiger partial charge in [0.25, 0.3) is 10.1 Å². The summed E-state index contributed by atoms with van der Waals surface area (Å²) in [7, 11) is -3.35. The Kier molecular flexibility index (Phi) is 4.24. The van der Waals surface area contributed by atoms with Crippen LogP contribution in [0.15, 0.2) is 5.51 Å². The summed E-state index contributed by atoms with van der Waals surface area (Å²) in [5.74, 6) is 0. The fraction of sp³-hybridized carbons (Fsp3) is 0.727. The maximum absolute atomic E-state index is 11.0. The van der Waals surface area contributed by atoms with Crippen molar-refractivity contribution in [1.29, 1.82) is 0 Å². The average molecular weight is 291 g/mol. The van der Waals surface area contributed by atoms with Gasteiger partial charge in [0.15, 0.2) is 5.06 Å². The lowest BCUT2D eigenvalue weighted by Crippen LogP contribution is -2.29. The van der Waals surface area contributed by atoms with Crippen LogP contribution in [0.2, 0.25) is 0 Å². The topological polar surface area (TPSA) is 65.5 Å². The van der Waals surface area contributed by atoms with Crippen molar-refractivity contribution >= 4 is 21.5 Å². The van der Waals surface area contributed by atoms with Crippen LogP contribution in [0.1, 0.15) is 31.4 Å². The number of thiazole rings is 1. The van der Waals surface area contributed by atoms with Gasteiger partial charge in [0.1, 0.15) is 0 Å². The normalized spacial score (nSPS) is 25.0. The molecule has 5 nitrogen and oxygen atoms in total. The summed E-state index contributed by atoms with van der Waals surface area (Å²) in [5.41, 5.74) is 2.68. The van der Waals surface area contributed by atoms with Gasteiger partial charge in [-0.1, -0.05) is 11.3 Å². The fourth-order valence-electron chi connectivity index (χ4n) is 2.05. The first-order valence-corrected chi connectivity index (χ1v) is 8.58. The molecule has 0 saturated heterocycles. The van der Waals surface area contributed by atoms with Gasteiger partial charge in [0.2, 0.25) is 0 Å². The lowest BCUT2D eigenvalue weighted by atomic mass is 9.95. The van der Waals surface area contributed by atoms with Gasteiger partial charge in [-0.25, -0.2) is 4.98 Å². The summed E-state index contributed by atoms with van der Waals surface area (Å²) in [6.45, 7) is 1.92. The Balaban J connectivity index is 1.82. The molecule has 0 atom stereocenters. The van der Waals surface area contributed by atoms with Gasteiger partial charge < -0.3 is 4.74 Å². The van der Waals surface area contributed by atoms with Crippen LogP contribution < -0.4 is 4.74 Å². The van der Waals surface area contributed by atoms with Gasteiger partial charge in [-0.3, -0.25) is 4.18 Å². The maximum atomic E-state index is 11.0. The highest BCUT2D eigenvalue weighted by atomic mass is 32.2. The van der Waals surface area contributed by atoms with Crippen molar-refractivity contribution in [3.05, 3.63) is 11.2 Å². The van der Waals surface area contributed by atoms with Crippen LogP contribution in [-0.4, -0.2) is 31.9 Å². The number of hydrogen-bond acceptors (Lipinski definition) is 6. The van der Waals surface area contributed by atoms with Crippen LogP contribution in [0.3, 0.4) is 0 Å². The molecule has 1 aliphatic carbocycles. The van der Waals surface area contributed by atoms with Crippen LogP contribution in [-0.2, 0) is 14.3 Å². The van der Waals surface area contributed by atoms with Gasteiger partial charge in [-0.2, -0.15) is 8.42 Å². The highest BCUT2D eigenvalue weighted by Gasteiger charge is 2.26. The number of hydrogen-bond donors (Lipinski definition) is 0. The van der Waals surface area contributed by atoms with E-state index in [2.05, 4.69) is 4.98 Å². The monoisotopic (exact) mass is 291 g/mol. The number of rotatable bonds is 4. The first-order valence-electron chi connectivity index (χ1n) is 5.89. The molecule has 1 heterocycles. The van der Waals surface area contributed by atoms with Gasteiger partial charge in [0, 0.05) is 0 Å². The summed E-state index contributed by atoms with van der Waals surface area (Å²) in [5, 5.41) is 0.863. The van der Waals surface area contributed by atoms with Gasteiger partial charge in [-0.05, 0) is 32.6 Å². The lowest BCUT2D eigenvalue weighted by Gasteiger charge is -2.27. The molecule has 1 saturated carbocycles. The molecule has 1 aromatic rings. The largest absolute Gasteiger partial charge is 0.479 e. The van der Waals surface area contributed by atoms with Crippen molar-refractivity contribution in [2.45, 2.75) is 44.8 Å². The molecule has 0 amide bonds. The Hall–Kier alpha value is -0.660. The fourth-order valence-corrected chi connectivity index (χ4v) is 3.46. The zero-order valence-corrected chi connectivity index (χ0v) is 12.1. The standard InChI is InChI=1S/C11H17NO4S2/c1-8-11(17-7-12-8)15-9-3-5-10(6-4-9)16-18(2,13)14/h7,9-10H,3-6H2,1-2H3. The lowest BCUT2D eigenvalue weighted by molar-refractivity contribution is 0.0865. The molecule has 0 spiro atoms. The Labute approximate surface area is 111 Å². The molecular weight excluding hydrogens is 274 g/mol. The highest BCUT2D eigenvalue weighted by Crippen LogP contribution is 2.29. The molecule has 102 valence electrons. The molecule has 2 rings (SSSR count). The third-order valence-electron chi connectivity index (χ3n) is 2.91. The van der Waals surface area contributed by atoms with Crippen molar-refractivity contribution in [3.63, 3.8) is 0 Å². The molecular formula is C11H17NO4S2. The summed E-state index contributed by atoms with van der Waals surface area (Å²) >= 11 is 1.49. The van der Waals surface area contributed by atoms with Crippen molar-refractivity contribution < 1.29 is 17.3 Å². The second kappa shape index (κ2) is 5.54. The highest BCUT2D eigenvalue weighted by molar-refractivity contribution is 7.86. The molecule has 0 aromatic carbocycles. The number of nitrogens with zero attached hydrogens (tertiary/aromatic N) is 1. The van der Waals surface area contributed by atoms with Crippen LogP contribution in [0.4, 0.5) is 0 Å². The maximum Gasteiger partial charge on any atom is 0.264 e. The minimum atomic E-state index is -3.35. The van der Waals surface area contributed by atoms with E-state index < -0.39 is 10.1 Å². The first-order chi connectivity index (χ1) is 8.44. The van der Waals surface area contributed by atoms with E-state index >= 15 is 0 Å². The number of ether oxygens (including phenoxy) is 1. The second-order valence-electron chi connectivity index (χ2n) is 4.54. The minimum Gasteiger partial charge on any atom is -0.479 e. The molecule has 0 bridgehead atoms. The Morgan fingerprint density at radius 2 is 1.89 bits per heavy atom. The summed E-state index contributed by atoms with van der Waals surface area (Å²) < 4.78 is 32.9. The summed E-state index contributed by atoms with van der Waals surface area (Å²) in [4.78, 5) is 4.14. The van der Waals surface area contributed by atoms with Gasteiger partial charge >= 0.3 is 0 Å². The first kappa shape index (κ1) is 13.8. The molecule has 0 N–H and O–H groups in total. The van der Waals surface area contributed by atoms with E-state index in [4.69, 9.17) is 8.92 Å². The molecule has 0 radical (unpaired) electrons. The molecule has 18 heavy (non-hydrogen) atoms. The third-order valence-corrected chi connectivity index (χ3v) is 4.35. The summed E-state index contributed by atoms with van der Waals surface area (Å²) in [6.07, 6.45) is 4.11. The second-order valence-corrected chi connectivity index (χ2v) is 6.96. The molecule has 0 aliphatic heterocycles. The van der Waals surface area contributed by atoms with Crippen molar-refractivity contribution in [3.8, 4) is 5.06 Å². The van der Waals surface area contributed by atoms with E-state index in [0.717, 1.165) is 42.7 Å². The zero-order valence-electron chi connectivity index (χ0n) is 10.5. The van der Waals surface area contributed by atoms with Crippen molar-refractivity contribution in [2.75, 3.05) is 6.26 Å². The van der Waals surface area contributed by atoms with Gasteiger partial charge in [0.05, 0.1) is 29.7 Å². The number of aromatic nitrogens is 1. The van der Waals surface area contributed by atoms with E-state index in [9.17, 15) is 8.42 Å². The summed E-state index contributed by atoms with van der Waals surface area (Å²) in [6, 6.07) is 0. The van der Waals surface area contributed by atoms with Crippen LogP contribution in [0.5, 0.6) is 5.06 Å². The molecule has 1 aromatic heterocycles. The Bertz CT molecular complexity index is 489. The minimum absolute atomic E-state index is 0.142. The average Bonchev–Trinajstić information content (AvgIpc) is 2.65. The van der Waals surface area contributed by atoms with E-state index in [-0.39, 0.29) is 12.2 Å². The van der Waals surface area contributed by atoms with Crippen LogP contribution >= 0.6 is 11.3 Å². The zero-order chi connectivity index (χ0) is 13.2. The molecule has 7 heteroatoms. The van der Waals surface area contributed by atoms with Crippen LogP contribution in [0.25, 0.3) is 0 Å². The van der Waals surface area contributed by atoms with Crippen molar-refractivity contribution in [2.24, 2.45) is 0 Å². The van der Waals surface area contributed by atoms with E-state index in [1.807, 2.05) is 6.92 Å². The molecule has 1 fully saturated rings. The SMILES string of the molecule is Cc1ncsc1OC1CCC(OS(C)(=O)=O)CC1. The predicted octanol–water partition coefficient (Wildman–Crippen LogP) is 2.12. The number of aryl methyl sites for hydroxylation is 1. The van der Waals surface area contributed by atoms with Crippen LogP contribution in [0, 0.1) is 6.92 Å². The van der Waals surface area contributed by atoms with Gasteiger partial charge in [-0.15, -0.1) is 0 Å². The quantitative estimate of drug-likeness (QED) is 0.795. The predicted molar refractivity (Wildman–Crippen MR) is 69.5 cm³/mol. The Morgan fingerprint density at radius 1 is 1.28 bits per heavy atom. The van der Waals surface area contributed by atoms with E-state index in [0.29, 0.717) is 0 Å². The molecule has 0 unspecified atom stereocenters. The Morgan fingerprint density at radius 3 is 2.39 bits per heavy atom. The van der Waals surface area contributed by atoms with E-state index in [1.165, 1.54) is 11.3 Å². The van der Waals surface area contributed by atoms with Crippen molar-refractivity contribution in [1.82, 2.24) is 4.98 Å². The molecule has 1 aliphatic rings.